The zero-order valence-electron chi connectivity index (χ0n) is 17.7. The van der Waals surface area contributed by atoms with E-state index in [1.807, 2.05) is 57.2 Å². The Morgan fingerprint density at radius 3 is 2.29 bits per heavy atom. The second-order valence-corrected chi connectivity index (χ2v) is 9.11. The number of benzene rings is 3. The fraction of sp³-hybridized carbons (Fsp3) is 0.167. The van der Waals surface area contributed by atoms with E-state index < -0.39 is 22.5 Å². The van der Waals surface area contributed by atoms with Crippen LogP contribution in [0, 0.1) is 20.8 Å². The first-order chi connectivity index (χ1) is 14.8. The van der Waals surface area contributed by atoms with Crippen LogP contribution in [-0.4, -0.2) is 27.1 Å². The molecule has 0 aromatic heterocycles. The van der Waals surface area contributed by atoms with E-state index in [0.29, 0.717) is 5.69 Å². The van der Waals surface area contributed by atoms with Gasteiger partial charge in [-0.2, -0.15) is 5.10 Å². The molecule has 31 heavy (non-hydrogen) atoms. The highest BCUT2D eigenvalue weighted by Gasteiger charge is 2.28. The summed E-state index contributed by atoms with van der Waals surface area (Å²) in [6.07, 6.45) is 1.51. The lowest BCUT2D eigenvalue weighted by molar-refractivity contribution is -0.119. The van der Waals surface area contributed by atoms with Gasteiger partial charge in [0.25, 0.3) is 15.9 Å². The summed E-state index contributed by atoms with van der Waals surface area (Å²) < 4.78 is 28.0. The van der Waals surface area contributed by atoms with Crippen LogP contribution in [0.25, 0.3) is 0 Å². The van der Waals surface area contributed by atoms with E-state index in [1.165, 1.54) is 6.21 Å². The molecule has 0 aliphatic carbocycles. The van der Waals surface area contributed by atoms with Crippen LogP contribution in [-0.2, 0) is 14.8 Å². The van der Waals surface area contributed by atoms with Crippen LogP contribution < -0.4 is 9.73 Å². The molecule has 3 aromatic carbocycles. The van der Waals surface area contributed by atoms with Gasteiger partial charge < -0.3 is 0 Å². The normalized spacial score (nSPS) is 11.5. The summed E-state index contributed by atoms with van der Waals surface area (Å²) in [5.74, 6) is -0.538. The van der Waals surface area contributed by atoms with E-state index >= 15 is 0 Å². The maximum Gasteiger partial charge on any atom is 0.264 e. The predicted octanol–water partition coefficient (Wildman–Crippen LogP) is 3.96. The van der Waals surface area contributed by atoms with Crippen LogP contribution in [0.4, 0.5) is 5.69 Å². The number of rotatable bonds is 7. The maximum absolute atomic E-state index is 13.4. The minimum absolute atomic E-state index is 0.125. The van der Waals surface area contributed by atoms with Gasteiger partial charge in [0.05, 0.1) is 16.8 Å². The Labute approximate surface area is 183 Å². The number of carbonyl (C=O) groups is 1. The average molecular weight is 436 g/mol. The molecule has 0 spiro atoms. The molecule has 0 heterocycles. The zero-order chi connectivity index (χ0) is 22.4. The molecule has 0 saturated carbocycles. The minimum Gasteiger partial charge on any atom is -0.271 e. The number of nitrogens with one attached hydrogen (secondary N) is 1. The fourth-order valence-corrected chi connectivity index (χ4v) is 4.51. The van der Waals surface area contributed by atoms with Gasteiger partial charge in [0, 0.05) is 0 Å². The first-order valence-electron chi connectivity index (χ1n) is 9.81. The van der Waals surface area contributed by atoms with Gasteiger partial charge in [0.15, 0.2) is 0 Å². The van der Waals surface area contributed by atoms with E-state index in [2.05, 4.69) is 10.5 Å². The molecule has 0 unspecified atom stereocenters. The van der Waals surface area contributed by atoms with Gasteiger partial charge >= 0.3 is 0 Å². The first kappa shape index (κ1) is 22.2. The van der Waals surface area contributed by atoms with Crippen molar-refractivity contribution in [1.82, 2.24) is 5.43 Å². The molecule has 0 aliphatic heterocycles. The van der Waals surface area contributed by atoms with Gasteiger partial charge in [-0.1, -0.05) is 60.2 Å². The summed E-state index contributed by atoms with van der Waals surface area (Å²) in [5.41, 5.74) is 6.38. The van der Waals surface area contributed by atoms with Crippen LogP contribution in [0.3, 0.4) is 0 Å². The van der Waals surface area contributed by atoms with Crippen molar-refractivity contribution < 1.29 is 13.2 Å². The molecule has 0 radical (unpaired) electrons. The van der Waals surface area contributed by atoms with Crippen molar-refractivity contribution in [3.8, 4) is 0 Å². The topological polar surface area (TPSA) is 78.8 Å². The summed E-state index contributed by atoms with van der Waals surface area (Å²) in [5, 5.41) is 3.95. The lowest BCUT2D eigenvalue weighted by Gasteiger charge is -2.26. The third-order valence-corrected chi connectivity index (χ3v) is 6.72. The number of hydrogen-bond donors (Lipinski definition) is 1. The number of carbonyl (C=O) groups excluding carboxylic acids is 1. The van der Waals surface area contributed by atoms with E-state index in [-0.39, 0.29) is 4.90 Å². The molecule has 3 aromatic rings. The fourth-order valence-electron chi connectivity index (χ4n) is 3.03. The number of nitrogens with zero attached hydrogens (tertiary/aromatic N) is 2. The Morgan fingerprint density at radius 1 is 0.935 bits per heavy atom. The monoisotopic (exact) mass is 435 g/mol. The van der Waals surface area contributed by atoms with Crippen molar-refractivity contribution in [3.63, 3.8) is 0 Å². The second kappa shape index (κ2) is 9.57. The first-order valence-corrected chi connectivity index (χ1v) is 11.3. The van der Waals surface area contributed by atoms with Crippen molar-refractivity contribution in [2.45, 2.75) is 25.7 Å². The number of aryl methyl sites for hydroxylation is 2. The Hall–Kier alpha value is -3.45. The molecular formula is C24H25N3O3S. The summed E-state index contributed by atoms with van der Waals surface area (Å²) in [6, 6.07) is 21.3. The van der Waals surface area contributed by atoms with Crippen LogP contribution in [0.5, 0.6) is 0 Å². The van der Waals surface area contributed by atoms with Gasteiger partial charge in [-0.25, -0.2) is 13.8 Å². The molecule has 160 valence electrons. The van der Waals surface area contributed by atoms with Gasteiger partial charge in [-0.05, 0) is 55.7 Å². The van der Waals surface area contributed by atoms with Crippen LogP contribution >= 0.6 is 0 Å². The van der Waals surface area contributed by atoms with Crippen molar-refractivity contribution in [1.29, 1.82) is 0 Å². The summed E-state index contributed by atoms with van der Waals surface area (Å²) in [4.78, 5) is 12.7. The molecule has 0 atom stereocenters. The Kier molecular flexibility index (Phi) is 6.87. The van der Waals surface area contributed by atoms with Crippen molar-refractivity contribution in [2.24, 2.45) is 5.10 Å². The number of hydrogen-bond acceptors (Lipinski definition) is 4. The Bertz CT molecular complexity index is 1190. The molecule has 3 rings (SSSR count). The molecule has 1 amide bonds. The predicted molar refractivity (Wildman–Crippen MR) is 124 cm³/mol. The number of anilines is 1. The zero-order valence-corrected chi connectivity index (χ0v) is 18.6. The number of hydrazone groups is 1. The molecule has 0 fully saturated rings. The van der Waals surface area contributed by atoms with Crippen LogP contribution in [0.1, 0.15) is 22.3 Å². The quantitative estimate of drug-likeness (QED) is 0.451. The maximum atomic E-state index is 13.4. The minimum atomic E-state index is -3.96. The van der Waals surface area contributed by atoms with Crippen molar-refractivity contribution in [2.75, 3.05) is 10.8 Å². The molecule has 1 N–H and O–H groups in total. The molecule has 0 aliphatic rings. The molecule has 7 heteroatoms. The summed E-state index contributed by atoms with van der Waals surface area (Å²) in [6.45, 7) is 5.23. The summed E-state index contributed by atoms with van der Waals surface area (Å²) in [7, 11) is -3.96. The largest absolute Gasteiger partial charge is 0.271 e. The van der Waals surface area contributed by atoms with E-state index in [9.17, 15) is 13.2 Å². The van der Waals surface area contributed by atoms with Crippen LogP contribution in [0.15, 0.2) is 82.8 Å². The lowest BCUT2D eigenvalue weighted by Crippen LogP contribution is -2.40. The van der Waals surface area contributed by atoms with E-state index in [4.69, 9.17) is 0 Å². The summed E-state index contributed by atoms with van der Waals surface area (Å²) >= 11 is 0. The smallest absolute Gasteiger partial charge is 0.264 e. The van der Waals surface area contributed by atoms with E-state index in [1.54, 1.807) is 36.4 Å². The Morgan fingerprint density at radius 2 is 1.61 bits per heavy atom. The highest BCUT2D eigenvalue weighted by molar-refractivity contribution is 7.92. The van der Waals surface area contributed by atoms with Gasteiger partial charge in [-0.3, -0.25) is 9.10 Å². The van der Waals surface area contributed by atoms with Crippen molar-refractivity contribution in [3.05, 3.63) is 95.1 Å². The third kappa shape index (κ3) is 5.38. The lowest BCUT2D eigenvalue weighted by atomic mass is 10.1. The standard InChI is InChI=1S/C24H25N3O3S/c1-18-12-14-22(15-13-18)31(29,30)27(23-11-7-8-19(2)20(23)3)17-24(28)26-25-16-21-9-5-4-6-10-21/h4-16H,17H2,1-3H3,(H,26,28)/b25-16-. The van der Waals surface area contributed by atoms with E-state index in [0.717, 1.165) is 26.6 Å². The SMILES string of the molecule is Cc1ccc(S(=O)(=O)N(CC(=O)N/N=C\c2ccccc2)c2cccc(C)c2C)cc1. The molecule has 0 bridgehead atoms. The molecular weight excluding hydrogens is 410 g/mol. The third-order valence-electron chi connectivity index (χ3n) is 4.94. The van der Waals surface area contributed by atoms with Crippen LogP contribution in [0.2, 0.25) is 0 Å². The van der Waals surface area contributed by atoms with Gasteiger partial charge in [0.1, 0.15) is 6.54 Å². The highest BCUT2D eigenvalue weighted by atomic mass is 32.2. The number of amides is 1. The number of sulfonamides is 1. The van der Waals surface area contributed by atoms with Gasteiger partial charge in [-0.15, -0.1) is 0 Å². The highest BCUT2D eigenvalue weighted by Crippen LogP contribution is 2.28. The molecule has 0 saturated heterocycles. The van der Waals surface area contributed by atoms with Crippen molar-refractivity contribution >= 4 is 27.8 Å². The van der Waals surface area contributed by atoms with Gasteiger partial charge in [0.2, 0.25) is 0 Å². The Balaban J connectivity index is 1.91. The second-order valence-electron chi connectivity index (χ2n) is 7.25. The molecule has 6 nitrogen and oxygen atoms in total. The average Bonchev–Trinajstić information content (AvgIpc) is 2.75.